The van der Waals surface area contributed by atoms with Crippen LogP contribution >= 0.6 is 0 Å². The molecule has 0 saturated heterocycles. The Kier molecular flexibility index (Phi) is 4.54. The number of rotatable bonds is 5. The van der Waals surface area contributed by atoms with Crippen LogP contribution in [0.25, 0.3) is 11.0 Å². The van der Waals surface area contributed by atoms with Crippen molar-refractivity contribution in [2.45, 2.75) is 6.10 Å². The molecule has 0 bridgehead atoms. The third-order valence-electron chi connectivity index (χ3n) is 4.25. The first-order valence-electron chi connectivity index (χ1n) is 8.55. The molecular formula is C23H16O4. The molecule has 0 aliphatic heterocycles. The van der Waals surface area contributed by atoms with Gasteiger partial charge in [-0.3, -0.25) is 4.79 Å². The Hall–Kier alpha value is -3.66. The average Bonchev–Trinajstić information content (AvgIpc) is 2.72. The molecule has 1 heterocycles. The summed E-state index contributed by atoms with van der Waals surface area (Å²) in [5, 5.41) is 0.785. The summed E-state index contributed by atoms with van der Waals surface area (Å²) >= 11 is 0. The Labute approximate surface area is 155 Å². The topological polar surface area (TPSA) is 56.5 Å². The highest BCUT2D eigenvalue weighted by molar-refractivity contribution is 6.00. The molecule has 4 rings (SSSR count). The lowest BCUT2D eigenvalue weighted by Crippen LogP contribution is -2.19. The second kappa shape index (κ2) is 7.30. The normalized spacial score (nSPS) is 11.9. The van der Waals surface area contributed by atoms with Crippen LogP contribution in [0.2, 0.25) is 0 Å². The summed E-state index contributed by atoms with van der Waals surface area (Å²) < 4.78 is 11.3. The predicted molar refractivity (Wildman–Crippen MR) is 103 cm³/mol. The van der Waals surface area contributed by atoms with Gasteiger partial charge in [-0.15, -0.1) is 0 Å². The fraction of sp³-hybridized carbons (Fsp3) is 0.0435. The van der Waals surface area contributed by atoms with Crippen molar-refractivity contribution in [1.82, 2.24) is 0 Å². The minimum atomic E-state index is -0.804. The van der Waals surface area contributed by atoms with Gasteiger partial charge in [0, 0.05) is 28.6 Å². The smallest absolute Gasteiger partial charge is 0.336 e. The van der Waals surface area contributed by atoms with Gasteiger partial charge >= 0.3 is 5.63 Å². The standard InChI is InChI=1S/C23H16O4/c24-21-14-12-16-11-13-19(15-20(16)27-21)26-23(18-9-5-2-6-10-18)22(25)17-7-3-1-4-8-17/h1-15,23H/t23-/m0/s1. The summed E-state index contributed by atoms with van der Waals surface area (Å²) in [7, 11) is 0. The van der Waals surface area contributed by atoms with E-state index in [0.717, 1.165) is 10.9 Å². The maximum atomic E-state index is 13.1. The van der Waals surface area contributed by atoms with E-state index >= 15 is 0 Å². The van der Waals surface area contributed by atoms with Crippen LogP contribution < -0.4 is 10.4 Å². The summed E-state index contributed by atoms with van der Waals surface area (Å²) in [6, 6.07) is 26.6. The number of ether oxygens (including phenoxy) is 1. The monoisotopic (exact) mass is 356 g/mol. The molecule has 0 radical (unpaired) electrons. The maximum absolute atomic E-state index is 13.1. The molecule has 1 aromatic heterocycles. The van der Waals surface area contributed by atoms with E-state index in [1.54, 1.807) is 36.4 Å². The molecule has 3 aromatic carbocycles. The Bertz CT molecular complexity index is 1130. The van der Waals surface area contributed by atoms with Crippen LogP contribution in [0.4, 0.5) is 0 Å². The minimum Gasteiger partial charge on any atom is -0.477 e. The van der Waals surface area contributed by atoms with Gasteiger partial charge < -0.3 is 9.15 Å². The van der Waals surface area contributed by atoms with Gasteiger partial charge in [-0.25, -0.2) is 4.79 Å². The van der Waals surface area contributed by atoms with Crippen LogP contribution in [-0.4, -0.2) is 5.78 Å². The number of benzene rings is 3. The zero-order chi connectivity index (χ0) is 18.6. The minimum absolute atomic E-state index is 0.142. The Morgan fingerprint density at radius 3 is 2.22 bits per heavy atom. The number of hydrogen-bond acceptors (Lipinski definition) is 4. The van der Waals surface area contributed by atoms with Crippen molar-refractivity contribution in [2.24, 2.45) is 0 Å². The lowest BCUT2D eigenvalue weighted by atomic mass is 10.00. The SMILES string of the molecule is O=C(c1ccccc1)[C@@H](Oc1ccc2ccc(=O)oc2c1)c1ccccc1. The van der Waals surface area contributed by atoms with Crippen LogP contribution in [0.3, 0.4) is 0 Å². The molecule has 0 saturated carbocycles. The summed E-state index contributed by atoms with van der Waals surface area (Å²) in [5.74, 6) is 0.311. The van der Waals surface area contributed by atoms with Crippen LogP contribution in [0, 0.1) is 0 Å². The second-order valence-corrected chi connectivity index (χ2v) is 6.09. The highest BCUT2D eigenvalue weighted by Crippen LogP contribution is 2.28. The van der Waals surface area contributed by atoms with Gasteiger partial charge in [0.2, 0.25) is 5.78 Å². The summed E-state index contributed by atoms with van der Waals surface area (Å²) in [6.45, 7) is 0. The highest BCUT2D eigenvalue weighted by atomic mass is 16.5. The molecule has 4 aromatic rings. The molecule has 0 aliphatic rings. The first-order valence-corrected chi connectivity index (χ1v) is 8.55. The summed E-state index contributed by atoms with van der Waals surface area (Å²) in [6.07, 6.45) is -0.804. The number of ketones is 1. The summed E-state index contributed by atoms with van der Waals surface area (Å²) in [4.78, 5) is 24.5. The highest BCUT2D eigenvalue weighted by Gasteiger charge is 2.24. The van der Waals surface area contributed by atoms with Crippen molar-refractivity contribution in [2.75, 3.05) is 0 Å². The first-order chi connectivity index (χ1) is 13.2. The van der Waals surface area contributed by atoms with Crippen LogP contribution in [0.1, 0.15) is 22.0 Å². The predicted octanol–water partition coefficient (Wildman–Crippen LogP) is 4.80. The van der Waals surface area contributed by atoms with E-state index in [-0.39, 0.29) is 5.78 Å². The van der Waals surface area contributed by atoms with E-state index in [1.165, 1.54) is 6.07 Å². The largest absolute Gasteiger partial charge is 0.477 e. The number of Topliss-reactive ketones (excluding diaryl/α,β-unsaturated/α-hetero) is 1. The molecule has 1 atom stereocenters. The van der Waals surface area contributed by atoms with Crippen molar-refractivity contribution >= 4 is 16.8 Å². The van der Waals surface area contributed by atoms with Crippen molar-refractivity contribution in [3.8, 4) is 5.75 Å². The quantitative estimate of drug-likeness (QED) is 0.381. The van der Waals surface area contributed by atoms with Crippen molar-refractivity contribution in [3.05, 3.63) is 113 Å². The Morgan fingerprint density at radius 1 is 0.815 bits per heavy atom. The maximum Gasteiger partial charge on any atom is 0.336 e. The molecule has 4 nitrogen and oxygen atoms in total. The fourth-order valence-corrected chi connectivity index (χ4v) is 2.90. The molecule has 132 valence electrons. The lowest BCUT2D eigenvalue weighted by Gasteiger charge is -2.19. The number of carbonyl (C=O) groups excluding carboxylic acids is 1. The Morgan fingerprint density at radius 2 is 1.48 bits per heavy atom. The van der Waals surface area contributed by atoms with Gasteiger partial charge in [0.15, 0.2) is 6.10 Å². The van der Waals surface area contributed by atoms with Gasteiger partial charge in [-0.1, -0.05) is 60.7 Å². The van der Waals surface area contributed by atoms with Crippen LogP contribution in [0.5, 0.6) is 5.75 Å². The van der Waals surface area contributed by atoms with Crippen molar-refractivity contribution in [3.63, 3.8) is 0 Å². The molecule has 0 fully saturated rings. The summed E-state index contributed by atoms with van der Waals surface area (Å²) in [5.41, 5.74) is 1.30. The third kappa shape index (κ3) is 3.65. The van der Waals surface area contributed by atoms with E-state index in [9.17, 15) is 9.59 Å². The van der Waals surface area contributed by atoms with E-state index in [1.807, 2.05) is 48.5 Å². The van der Waals surface area contributed by atoms with Crippen molar-refractivity contribution in [1.29, 1.82) is 0 Å². The third-order valence-corrected chi connectivity index (χ3v) is 4.25. The van der Waals surface area contributed by atoms with E-state index in [2.05, 4.69) is 0 Å². The number of carbonyl (C=O) groups is 1. The van der Waals surface area contributed by atoms with E-state index in [4.69, 9.17) is 9.15 Å². The molecule has 0 N–H and O–H groups in total. The Balaban J connectivity index is 1.73. The second-order valence-electron chi connectivity index (χ2n) is 6.09. The molecule has 0 spiro atoms. The zero-order valence-corrected chi connectivity index (χ0v) is 14.4. The number of fused-ring (bicyclic) bond motifs is 1. The molecule has 0 aliphatic carbocycles. The van der Waals surface area contributed by atoms with Gasteiger partial charge in [0.1, 0.15) is 11.3 Å². The van der Waals surface area contributed by atoms with Gasteiger partial charge in [-0.2, -0.15) is 0 Å². The van der Waals surface area contributed by atoms with E-state index in [0.29, 0.717) is 16.9 Å². The molecule has 27 heavy (non-hydrogen) atoms. The molecule has 0 unspecified atom stereocenters. The first kappa shape index (κ1) is 16.8. The van der Waals surface area contributed by atoms with Gasteiger partial charge in [0.05, 0.1) is 0 Å². The van der Waals surface area contributed by atoms with Gasteiger partial charge in [-0.05, 0) is 18.2 Å². The van der Waals surface area contributed by atoms with Gasteiger partial charge in [0.25, 0.3) is 0 Å². The average molecular weight is 356 g/mol. The number of hydrogen-bond donors (Lipinski definition) is 0. The van der Waals surface area contributed by atoms with E-state index < -0.39 is 11.7 Å². The van der Waals surface area contributed by atoms with Crippen LogP contribution in [0.15, 0.2) is 100 Å². The zero-order valence-electron chi connectivity index (χ0n) is 14.4. The fourth-order valence-electron chi connectivity index (χ4n) is 2.90. The lowest BCUT2D eigenvalue weighted by molar-refractivity contribution is 0.0792. The molecular weight excluding hydrogens is 340 g/mol. The van der Waals surface area contributed by atoms with Crippen LogP contribution in [-0.2, 0) is 0 Å². The van der Waals surface area contributed by atoms with Crippen molar-refractivity contribution < 1.29 is 13.9 Å². The molecule has 0 amide bonds. The molecule has 4 heteroatoms.